The Morgan fingerprint density at radius 2 is 0.632 bits per heavy atom. The number of aromatic nitrogens is 2. The molecule has 0 aliphatic carbocycles. The molecule has 416 valence electrons. The number of carbonyl (C=O) groups excluding carboxylic acids is 8. The Morgan fingerprint density at radius 3 is 0.855 bits per heavy atom. The molecule has 2 aliphatic rings. The number of ether oxygens (including phenoxy) is 2. The minimum Gasteiger partial charge on any atom is -0.377 e. The Morgan fingerprint density at radius 1 is 0.395 bits per heavy atom. The zero-order chi connectivity index (χ0) is 57.1. The van der Waals surface area contributed by atoms with Crippen molar-refractivity contribution in [2.24, 2.45) is 0 Å². The summed E-state index contributed by atoms with van der Waals surface area (Å²) in [5, 5.41) is 11.9. The van der Waals surface area contributed by atoms with E-state index in [-0.39, 0.29) is 75.4 Å². The molecule has 5 rings (SSSR count). The van der Waals surface area contributed by atoms with Gasteiger partial charge in [0, 0.05) is 76.0 Å². The second-order valence-electron chi connectivity index (χ2n) is 23.3. The van der Waals surface area contributed by atoms with Crippen LogP contribution in [0, 0.1) is 0 Å². The minimum absolute atomic E-state index is 0.0259. The molecule has 1 aromatic carbocycles. The van der Waals surface area contributed by atoms with Crippen LogP contribution in [0.5, 0.6) is 0 Å². The minimum atomic E-state index is -1.32. The summed E-state index contributed by atoms with van der Waals surface area (Å²) < 4.78 is 11.9. The number of nitrogens with one attached hydrogen (secondary N) is 4. The number of fused-ring (bicyclic) bond motifs is 17. The first-order chi connectivity index (χ1) is 35.2. The van der Waals surface area contributed by atoms with Gasteiger partial charge < -0.3 is 50.3 Å². The van der Waals surface area contributed by atoms with Gasteiger partial charge in [0.2, 0.25) is 47.3 Å². The van der Waals surface area contributed by atoms with Crippen LogP contribution >= 0.6 is 0 Å². The number of hydrogen-bond donors (Lipinski definition) is 4. The first-order valence-electron chi connectivity index (χ1n) is 25.7. The van der Waals surface area contributed by atoms with Crippen molar-refractivity contribution in [3.8, 4) is 0 Å². The van der Waals surface area contributed by atoms with Gasteiger partial charge in [-0.2, -0.15) is 0 Å². The van der Waals surface area contributed by atoms with E-state index in [1.165, 1.54) is 47.3 Å². The van der Waals surface area contributed by atoms with Gasteiger partial charge >= 0.3 is 0 Å². The predicted molar refractivity (Wildman–Crippen MR) is 286 cm³/mol. The summed E-state index contributed by atoms with van der Waals surface area (Å²) in [6.45, 7) is 26.8. The van der Waals surface area contributed by atoms with Gasteiger partial charge in [-0.25, -0.2) is 0 Å². The van der Waals surface area contributed by atoms with Gasteiger partial charge in [-0.3, -0.25) is 48.3 Å². The van der Waals surface area contributed by atoms with E-state index in [0.717, 1.165) is 0 Å². The van der Waals surface area contributed by atoms with Crippen LogP contribution in [0.15, 0.2) is 60.7 Å². The van der Waals surface area contributed by atoms with Crippen LogP contribution < -0.4 is 21.3 Å². The van der Waals surface area contributed by atoms with E-state index in [9.17, 15) is 38.4 Å². The van der Waals surface area contributed by atoms with Crippen molar-refractivity contribution in [3.05, 3.63) is 94.6 Å². The number of carbonyl (C=O) groups is 8. The van der Waals surface area contributed by atoms with Crippen LogP contribution in [-0.2, 0) is 60.9 Å². The summed E-state index contributed by atoms with van der Waals surface area (Å²) in [6.07, 6.45) is 0. The van der Waals surface area contributed by atoms with Crippen LogP contribution in [0.25, 0.3) is 0 Å². The molecular formula is C56H82N10O10. The molecule has 0 saturated heterocycles. The molecule has 2 aromatic heterocycles. The standard InChI is InChI=1S/C56H82N10O10/c1-35(67)63-27-29-75-31-32-76-30-28-64(36(2)68)46(50(72)60-54(8,9)10)42-20-18-22-44(58-42)48(52(74)62-56(14,15)16)66(38(4)70)34-40-25-23-39(24-26-40)33-65(37(3)69)47(51(73)61-55(11,12)13)43-21-17-19-41(57-43)45(63)49(71)59-53(5,6)7/h17-26,45-48H,27-34H2,1-16H3,(H,59,71)(H,60,72)(H,61,73)(H,62,74). The van der Waals surface area contributed by atoms with Crippen LogP contribution in [0.1, 0.15) is 169 Å². The molecule has 4 atom stereocenters. The van der Waals surface area contributed by atoms with E-state index in [2.05, 4.69) is 21.3 Å². The summed E-state index contributed by atoms with van der Waals surface area (Å²) in [5.74, 6) is -3.99. The molecule has 0 spiro atoms. The highest BCUT2D eigenvalue weighted by Crippen LogP contribution is 2.30. The molecule has 0 radical (unpaired) electrons. The highest BCUT2D eigenvalue weighted by atomic mass is 16.5. The summed E-state index contributed by atoms with van der Waals surface area (Å²) in [5.41, 5.74) is -1.15. The maximum Gasteiger partial charge on any atom is 0.249 e. The van der Waals surface area contributed by atoms with E-state index in [1.54, 1.807) is 102 Å². The van der Waals surface area contributed by atoms with Gasteiger partial charge in [-0.1, -0.05) is 36.4 Å². The molecular weight excluding hydrogens is 973 g/mol. The number of rotatable bonds is 4. The molecule has 8 amide bonds. The third-order valence-electron chi connectivity index (χ3n) is 11.6. The molecule has 6 bridgehead atoms. The number of benzene rings is 1. The Bertz CT molecular complexity index is 2390. The molecule has 3 aromatic rings. The van der Waals surface area contributed by atoms with Gasteiger partial charge in [0.25, 0.3) is 0 Å². The molecule has 0 saturated carbocycles. The first-order valence-corrected chi connectivity index (χ1v) is 25.7. The fourth-order valence-corrected chi connectivity index (χ4v) is 8.54. The van der Waals surface area contributed by atoms with Crippen LogP contribution in [0.4, 0.5) is 0 Å². The second kappa shape index (κ2) is 25.8. The van der Waals surface area contributed by atoms with Crippen molar-refractivity contribution in [3.63, 3.8) is 0 Å². The predicted octanol–water partition coefficient (Wildman–Crippen LogP) is 5.14. The fraction of sp³-hybridized carbons (Fsp3) is 0.571. The average molecular weight is 1060 g/mol. The lowest BCUT2D eigenvalue weighted by molar-refractivity contribution is -0.141. The Hall–Kier alpha value is -6.80. The molecule has 76 heavy (non-hydrogen) atoms. The zero-order valence-corrected chi connectivity index (χ0v) is 47.5. The van der Waals surface area contributed by atoms with Crippen LogP contribution in [-0.4, -0.2) is 138 Å². The van der Waals surface area contributed by atoms with Crippen molar-refractivity contribution >= 4 is 47.3 Å². The highest BCUT2D eigenvalue weighted by Gasteiger charge is 2.39. The zero-order valence-electron chi connectivity index (χ0n) is 47.5. The smallest absolute Gasteiger partial charge is 0.249 e. The molecule has 20 nitrogen and oxygen atoms in total. The van der Waals surface area contributed by atoms with E-state index in [4.69, 9.17) is 19.4 Å². The van der Waals surface area contributed by atoms with Crippen molar-refractivity contribution in [2.45, 2.75) is 170 Å². The Balaban J connectivity index is 1.96. The summed E-state index contributed by atoms with van der Waals surface area (Å²) in [7, 11) is 0. The topological polar surface area (TPSA) is 242 Å². The van der Waals surface area contributed by atoms with Crippen molar-refractivity contribution in [2.75, 3.05) is 39.5 Å². The maximum atomic E-state index is 14.5. The van der Waals surface area contributed by atoms with E-state index >= 15 is 0 Å². The fourth-order valence-electron chi connectivity index (χ4n) is 8.54. The molecule has 0 fully saturated rings. The number of pyridine rings is 2. The normalized spacial score (nSPS) is 19.1. The Kier molecular flexibility index (Phi) is 21.0. The van der Waals surface area contributed by atoms with Gasteiger partial charge in [0.05, 0.1) is 49.2 Å². The highest BCUT2D eigenvalue weighted by molar-refractivity contribution is 5.91. The summed E-state index contributed by atoms with van der Waals surface area (Å²) in [6, 6.07) is 11.4. The van der Waals surface area contributed by atoms with Gasteiger partial charge in [-0.05, 0) is 118 Å². The molecule has 2 aliphatic heterocycles. The van der Waals surface area contributed by atoms with Gasteiger partial charge in [-0.15, -0.1) is 0 Å². The molecule has 4 heterocycles. The van der Waals surface area contributed by atoms with Crippen LogP contribution in [0.3, 0.4) is 0 Å². The number of nitrogens with zero attached hydrogens (tertiary/aromatic N) is 6. The van der Waals surface area contributed by atoms with Crippen LogP contribution in [0.2, 0.25) is 0 Å². The maximum absolute atomic E-state index is 14.5. The SMILES string of the molecule is CC(=O)N1CCOCCOCCN(C(C)=O)C(C(=O)NC(C)(C)C)c2cccc(n2)C(C(=O)NC(C)(C)C)N(C(C)=O)Cc2ccc(cc2)CN(C(C)=O)C(C(=O)NC(C)(C)C)c2cccc(n2)C1C(=O)NC(C)(C)C. The van der Waals surface area contributed by atoms with E-state index in [0.29, 0.717) is 11.1 Å². The molecule has 4 N–H and O–H groups in total. The lowest BCUT2D eigenvalue weighted by Gasteiger charge is -2.35. The van der Waals surface area contributed by atoms with Crippen molar-refractivity contribution in [1.29, 1.82) is 0 Å². The number of amides is 8. The third kappa shape index (κ3) is 18.5. The molecule has 4 unspecified atom stereocenters. The number of hydrogen-bond acceptors (Lipinski definition) is 12. The summed E-state index contributed by atoms with van der Waals surface area (Å²) in [4.78, 5) is 128. The first kappa shape index (κ1) is 61.7. The van der Waals surface area contributed by atoms with E-state index in [1.807, 2.05) is 41.5 Å². The van der Waals surface area contributed by atoms with Crippen molar-refractivity contribution < 1.29 is 47.8 Å². The average Bonchev–Trinajstić information content (AvgIpc) is 3.26. The third-order valence-corrected chi connectivity index (χ3v) is 11.6. The lowest BCUT2D eigenvalue weighted by Crippen LogP contribution is -2.50. The summed E-state index contributed by atoms with van der Waals surface area (Å²) >= 11 is 0. The monoisotopic (exact) mass is 1050 g/mol. The Labute approximate surface area is 448 Å². The second-order valence-corrected chi connectivity index (χ2v) is 23.3. The molecule has 20 heteroatoms. The van der Waals surface area contributed by atoms with Gasteiger partial charge in [0.1, 0.15) is 0 Å². The van der Waals surface area contributed by atoms with Gasteiger partial charge in [0.15, 0.2) is 24.2 Å². The largest absolute Gasteiger partial charge is 0.377 e. The van der Waals surface area contributed by atoms with Crippen molar-refractivity contribution in [1.82, 2.24) is 50.8 Å². The lowest BCUT2D eigenvalue weighted by atomic mass is 10.0. The van der Waals surface area contributed by atoms with E-state index < -0.39 is 93.6 Å². The quantitative estimate of drug-likeness (QED) is 0.249.